The second-order valence-corrected chi connectivity index (χ2v) is 15.3. The molecule has 0 aliphatic rings. The van der Waals surface area contributed by atoms with Crippen molar-refractivity contribution in [1.29, 1.82) is 0 Å². The Labute approximate surface area is 334 Å². The minimum absolute atomic E-state index is 0.0745. The van der Waals surface area contributed by atoms with Gasteiger partial charge in [0.25, 0.3) is 0 Å². The first-order valence-electron chi connectivity index (χ1n) is 23.0. The summed E-state index contributed by atoms with van der Waals surface area (Å²) in [6.07, 6.45) is 48.4. The average Bonchev–Trinajstić information content (AvgIpc) is 3.17. The predicted octanol–water partition coefficient (Wildman–Crippen LogP) is 14.6. The van der Waals surface area contributed by atoms with Crippen LogP contribution in [-0.2, 0) is 28.6 Å². The fourth-order valence-corrected chi connectivity index (χ4v) is 6.46. The lowest BCUT2D eigenvalue weighted by Crippen LogP contribution is -2.30. The summed E-state index contributed by atoms with van der Waals surface area (Å²) in [5.74, 6) is -0.891. The second kappa shape index (κ2) is 43.4. The maximum absolute atomic E-state index is 12.7. The van der Waals surface area contributed by atoms with Gasteiger partial charge in [-0.25, -0.2) is 0 Å². The van der Waals surface area contributed by atoms with Crippen molar-refractivity contribution >= 4 is 17.9 Å². The van der Waals surface area contributed by atoms with Crippen LogP contribution < -0.4 is 0 Å². The van der Waals surface area contributed by atoms with Crippen molar-refractivity contribution in [2.45, 2.75) is 239 Å². The van der Waals surface area contributed by atoms with Gasteiger partial charge in [0.05, 0.1) is 0 Å². The fraction of sp³-hybridized carbons (Fsp3) is 0.812. The molecule has 0 aliphatic carbocycles. The number of esters is 3. The van der Waals surface area contributed by atoms with E-state index < -0.39 is 6.10 Å². The molecule has 0 saturated heterocycles. The molecular weight excluding hydrogens is 673 g/mol. The Morgan fingerprint density at radius 2 is 0.722 bits per heavy atom. The van der Waals surface area contributed by atoms with E-state index in [-0.39, 0.29) is 31.1 Å². The van der Waals surface area contributed by atoms with Gasteiger partial charge < -0.3 is 14.2 Å². The normalized spacial score (nSPS) is 12.3. The molecule has 0 heterocycles. The zero-order valence-corrected chi connectivity index (χ0v) is 35.7. The van der Waals surface area contributed by atoms with Crippen LogP contribution in [0.3, 0.4) is 0 Å². The Hall–Kier alpha value is -2.37. The largest absolute Gasteiger partial charge is 0.462 e. The van der Waals surface area contributed by atoms with Crippen LogP contribution in [0.5, 0.6) is 0 Å². The van der Waals surface area contributed by atoms with Crippen LogP contribution in [0.15, 0.2) is 36.5 Å². The molecule has 6 heteroatoms. The molecule has 0 aromatic carbocycles. The van der Waals surface area contributed by atoms with Gasteiger partial charge in [0.2, 0.25) is 0 Å². The van der Waals surface area contributed by atoms with Crippen LogP contribution in [0.4, 0.5) is 0 Å². The number of allylic oxidation sites excluding steroid dienone is 6. The van der Waals surface area contributed by atoms with Crippen LogP contribution in [0.1, 0.15) is 233 Å². The average molecular weight is 759 g/mol. The van der Waals surface area contributed by atoms with E-state index in [1.165, 1.54) is 96.3 Å². The summed E-state index contributed by atoms with van der Waals surface area (Å²) in [7, 11) is 0. The van der Waals surface area contributed by atoms with E-state index in [9.17, 15) is 14.4 Å². The second-order valence-electron chi connectivity index (χ2n) is 15.3. The van der Waals surface area contributed by atoms with Gasteiger partial charge in [0.1, 0.15) is 13.2 Å². The maximum Gasteiger partial charge on any atom is 0.306 e. The molecule has 0 amide bonds. The third kappa shape index (κ3) is 40.8. The summed E-state index contributed by atoms with van der Waals surface area (Å²) in [5, 5.41) is 0. The van der Waals surface area contributed by atoms with E-state index in [1.807, 2.05) is 0 Å². The number of carbonyl (C=O) groups excluding carboxylic acids is 3. The molecule has 0 spiro atoms. The molecular formula is C48H86O6. The van der Waals surface area contributed by atoms with Crippen molar-refractivity contribution in [3.8, 4) is 0 Å². The van der Waals surface area contributed by atoms with Gasteiger partial charge in [-0.1, -0.05) is 198 Å². The van der Waals surface area contributed by atoms with Gasteiger partial charge in [-0.3, -0.25) is 14.4 Å². The number of ether oxygens (including phenoxy) is 3. The summed E-state index contributed by atoms with van der Waals surface area (Å²) in [6.45, 7) is 6.49. The van der Waals surface area contributed by atoms with Crippen LogP contribution in [0.25, 0.3) is 0 Å². The molecule has 0 aromatic heterocycles. The Morgan fingerprint density at radius 3 is 1.13 bits per heavy atom. The van der Waals surface area contributed by atoms with Gasteiger partial charge >= 0.3 is 17.9 Å². The molecule has 6 nitrogen and oxygen atoms in total. The van der Waals surface area contributed by atoms with Crippen LogP contribution in [-0.4, -0.2) is 37.2 Å². The summed E-state index contributed by atoms with van der Waals surface area (Å²) in [6, 6.07) is 0. The van der Waals surface area contributed by atoms with Crippen molar-refractivity contribution in [2.75, 3.05) is 13.2 Å². The minimum Gasteiger partial charge on any atom is -0.462 e. The lowest BCUT2D eigenvalue weighted by Gasteiger charge is -2.18. The molecule has 0 aromatic rings. The topological polar surface area (TPSA) is 78.9 Å². The molecule has 0 rings (SSSR count). The summed E-state index contributed by atoms with van der Waals surface area (Å²) >= 11 is 0. The van der Waals surface area contributed by atoms with Gasteiger partial charge in [0, 0.05) is 19.3 Å². The summed E-state index contributed by atoms with van der Waals surface area (Å²) in [4.78, 5) is 37.7. The third-order valence-electron chi connectivity index (χ3n) is 9.91. The molecule has 0 radical (unpaired) electrons. The number of carbonyl (C=O) groups is 3. The molecule has 54 heavy (non-hydrogen) atoms. The van der Waals surface area contributed by atoms with Crippen molar-refractivity contribution in [3.63, 3.8) is 0 Å². The van der Waals surface area contributed by atoms with Gasteiger partial charge in [-0.15, -0.1) is 0 Å². The number of hydrogen-bond acceptors (Lipinski definition) is 6. The molecule has 0 unspecified atom stereocenters. The number of rotatable bonds is 41. The first-order valence-corrected chi connectivity index (χ1v) is 23.0. The van der Waals surface area contributed by atoms with E-state index in [0.717, 1.165) is 96.3 Å². The smallest absolute Gasteiger partial charge is 0.306 e. The highest BCUT2D eigenvalue weighted by Crippen LogP contribution is 2.15. The standard InChI is InChI=1S/C48H86O6/c1-4-7-10-13-16-19-22-23-24-25-27-29-32-35-38-41-47(50)53-44-45(43-52-46(49)40-37-34-31-28-21-18-15-12-9-6-3)54-48(51)42-39-36-33-30-26-20-17-14-11-8-5-2/h7,10,16,19,23-24,45H,4-6,8-9,11-15,17-18,20-22,25-44H2,1-3H3/b10-7-,19-16-,24-23-/t45-/m1/s1. The quantitative estimate of drug-likeness (QED) is 0.0267. The van der Waals surface area contributed by atoms with Gasteiger partial charge in [0.15, 0.2) is 6.10 Å². The van der Waals surface area contributed by atoms with E-state index in [0.29, 0.717) is 19.3 Å². The molecule has 314 valence electrons. The predicted molar refractivity (Wildman–Crippen MR) is 229 cm³/mol. The molecule has 0 saturated carbocycles. The van der Waals surface area contributed by atoms with Gasteiger partial charge in [-0.05, 0) is 51.4 Å². The van der Waals surface area contributed by atoms with Crippen molar-refractivity contribution in [1.82, 2.24) is 0 Å². The first kappa shape index (κ1) is 51.6. The maximum atomic E-state index is 12.7. The van der Waals surface area contributed by atoms with Gasteiger partial charge in [-0.2, -0.15) is 0 Å². The molecule has 0 fully saturated rings. The lowest BCUT2D eigenvalue weighted by molar-refractivity contribution is -0.167. The molecule has 0 aliphatic heterocycles. The van der Waals surface area contributed by atoms with Crippen molar-refractivity contribution in [2.24, 2.45) is 0 Å². The zero-order valence-electron chi connectivity index (χ0n) is 35.7. The lowest BCUT2D eigenvalue weighted by atomic mass is 10.1. The zero-order chi connectivity index (χ0) is 39.4. The minimum atomic E-state index is -0.771. The summed E-state index contributed by atoms with van der Waals surface area (Å²) in [5.41, 5.74) is 0. The van der Waals surface area contributed by atoms with Crippen molar-refractivity contribution in [3.05, 3.63) is 36.5 Å². The SMILES string of the molecule is CC/C=C\C/C=C\C/C=C\CCCCCCCC(=O)OC[C@@H](COC(=O)CCCCCCCCCCCC)OC(=O)CCCCCCCCCCCCC. The Kier molecular flexibility index (Phi) is 41.5. The van der Waals surface area contributed by atoms with Crippen LogP contribution in [0, 0.1) is 0 Å². The number of hydrogen-bond donors (Lipinski definition) is 0. The summed E-state index contributed by atoms with van der Waals surface area (Å²) < 4.78 is 16.7. The number of unbranched alkanes of at least 4 members (excludes halogenated alkanes) is 24. The monoisotopic (exact) mass is 759 g/mol. The highest BCUT2D eigenvalue weighted by molar-refractivity contribution is 5.71. The highest BCUT2D eigenvalue weighted by atomic mass is 16.6. The van der Waals surface area contributed by atoms with E-state index in [1.54, 1.807) is 0 Å². The third-order valence-corrected chi connectivity index (χ3v) is 9.91. The van der Waals surface area contributed by atoms with Crippen molar-refractivity contribution < 1.29 is 28.6 Å². The Balaban J connectivity index is 4.36. The molecule has 1 atom stereocenters. The van der Waals surface area contributed by atoms with Crippen LogP contribution >= 0.6 is 0 Å². The van der Waals surface area contributed by atoms with Crippen LogP contribution in [0.2, 0.25) is 0 Å². The van der Waals surface area contributed by atoms with E-state index in [2.05, 4.69) is 57.2 Å². The van der Waals surface area contributed by atoms with E-state index in [4.69, 9.17) is 14.2 Å². The highest BCUT2D eigenvalue weighted by Gasteiger charge is 2.19. The Morgan fingerprint density at radius 1 is 0.389 bits per heavy atom. The fourth-order valence-electron chi connectivity index (χ4n) is 6.46. The molecule has 0 N–H and O–H groups in total. The molecule has 0 bridgehead atoms. The van der Waals surface area contributed by atoms with E-state index >= 15 is 0 Å². The first-order chi connectivity index (χ1) is 26.5. The Bertz CT molecular complexity index is 922.